The van der Waals surface area contributed by atoms with Crippen molar-refractivity contribution in [2.75, 3.05) is 38.7 Å². The van der Waals surface area contributed by atoms with Gasteiger partial charge in [-0.2, -0.15) is 0 Å². The van der Waals surface area contributed by atoms with E-state index in [1.54, 1.807) is 36.2 Å². The molecule has 1 fully saturated rings. The molecular formula is C33H33FN6O6S. The third-order valence-corrected chi connectivity index (χ3v) is 8.82. The van der Waals surface area contributed by atoms with Crippen LogP contribution in [0, 0.1) is 18.7 Å². The molecule has 0 aliphatic carbocycles. The molecule has 5 aromatic rings. The summed E-state index contributed by atoms with van der Waals surface area (Å²) in [4.78, 5) is 44.8. The van der Waals surface area contributed by atoms with Gasteiger partial charge in [0, 0.05) is 37.4 Å². The summed E-state index contributed by atoms with van der Waals surface area (Å²) in [6.07, 6.45) is 2.99. The second-order valence-corrected chi connectivity index (χ2v) is 12.4. The lowest BCUT2D eigenvalue weighted by atomic mass is 10.1. The van der Waals surface area contributed by atoms with E-state index < -0.39 is 18.0 Å². The van der Waals surface area contributed by atoms with Crippen molar-refractivity contribution in [2.45, 2.75) is 32.8 Å². The predicted octanol–water partition coefficient (Wildman–Crippen LogP) is 5.62. The van der Waals surface area contributed by atoms with Crippen LogP contribution < -0.4 is 14.8 Å². The Hall–Kier alpha value is -4.95. The SMILES string of the molecule is COc1cnc2c(-c3nc4cc(F)c(OC[C@@H](C)OC(=O)Nc5ccc(C(=O)N6CC[C@@H](CCO)C6)nc5)cc4s3)cc(C)cc2n1. The number of nitrogens with one attached hydrogen (secondary N) is 1. The minimum absolute atomic E-state index is 0.00678. The van der Waals surface area contributed by atoms with Crippen LogP contribution in [0.5, 0.6) is 11.6 Å². The number of fused-ring (bicyclic) bond motifs is 2. The third-order valence-electron chi connectivity index (χ3n) is 7.77. The highest BCUT2D eigenvalue weighted by molar-refractivity contribution is 7.21. The summed E-state index contributed by atoms with van der Waals surface area (Å²) in [6, 6.07) is 9.88. The lowest BCUT2D eigenvalue weighted by Gasteiger charge is -2.16. The number of aryl methyl sites for hydroxylation is 1. The van der Waals surface area contributed by atoms with Gasteiger partial charge in [0.05, 0.1) is 46.4 Å². The van der Waals surface area contributed by atoms with E-state index in [2.05, 4.69) is 25.3 Å². The number of aromatic nitrogens is 4. The molecule has 0 radical (unpaired) electrons. The fraction of sp³-hybridized carbons (Fsp3) is 0.333. The molecular weight excluding hydrogens is 627 g/mol. The van der Waals surface area contributed by atoms with Gasteiger partial charge in [-0.15, -0.1) is 11.3 Å². The molecule has 47 heavy (non-hydrogen) atoms. The molecule has 0 saturated carbocycles. The predicted molar refractivity (Wildman–Crippen MR) is 174 cm³/mol. The average molecular weight is 661 g/mol. The molecule has 2 amide bonds. The van der Waals surface area contributed by atoms with Gasteiger partial charge in [0.15, 0.2) is 11.6 Å². The van der Waals surface area contributed by atoms with Gasteiger partial charge in [0.2, 0.25) is 5.88 Å². The average Bonchev–Trinajstić information content (AvgIpc) is 3.70. The number of likely N-dealkylation sites (tertiary alicyclic amines) is 1. The number of halogens is 1. The van der Waals surface area contributed by atoms with Crippen LogP contribution in [0.4, 0.5) is 14.9 Å². The molecule has 2 N–H and O–H groups in total. The summed E-state index contributed by atoms with van der Waals surface area (Å²) in [6.45, 7) is 4.80. The summed E-state index contributed by atoms with van der Waals surface area (Å²) in [5, 5.41) is 12.4. The van der Waals surface area contributed by atoms with Gasteiger partial charge in [0.1, 0.15) is 23.4 Å². The molecule has 1 aliphatic heterocycles. The van der Waals surface area contributed by atoms with E-state index in [9.17, 15) is 9.59 Å². The zero-order chi connectivity index (χ0) is 33.1. The van der Waals surface area contributed by atoms with Crippen LogP contribution in [-0.2, 0) is 4.74 Å². The highest BCUT2D eigenvalue weighted by atomic mass is 32.1. The zero-order valence-corrected chi connectivity index (χ0v) is 26.8. The highest BCUT2D eigenvalue weighted by Crippen LogP contribution is 2.37. The Morgan fingerprint density at radius 1 is 1.15 bits per heavy atom. The molecule has 244 valence electrons. The van der Waals surface area contributed by atoms with Crippen LogP contribution in [0.15, 0.2) is 48.8 Å². The van der Waals surface area contributed by atoms with Gasteiger partial charge in [-0.3, -0.25) is 10.1 Å². The first-order valence-corrected chi connectivity index (χ1v) is 15.9. The maximum Gasteiger partial charge on any atom is 0.412 e. The van der Waals surface area contributed by atoms with Crippen molar-refractivity contribution in [3.8, 4) is 22.2 Å². The standard InChI is InChI=1S/C33H33FN6O6S/c1-18-10-22(30-26(11-18)38-29(44-3)15-36-30)31-39-25-12-23(34)27(13-28(25)47-31)45-17-19(2)46-33(43)37-21-4-5-24(35-14-21)32(42)40-8-6-20(16-40)7-9-41/h4-5,10-15,19-20,41H,6-9,16-17H2,1-3H3,(H,37,43)/t19-,20+/m1/s1. The quantitative estimate of drug-likeness (QED) is 0.193. The Kier molecular flexibility index (Phi) is 9.41. The minimum Gasteiger partial charge on any atom is -0.487 e. The fourth-order valence-electron chi connectivity index (χ4n) is 5.43. The number of carbonyl (C=O) groups excluding carboxylic acids is 2. The Bertz CT molecular complexity index is 1940. The molecule has 0 unspecified atom stereocenters. The molecule has 1 saturated heterocycles. The van der Waals surface area contributed by atoms with Gasteiger partial charge in [-0.05, 0) is 62.4 Å². The van der Waals surface area contributed by atoms with Gasteiger partial charge in [0.25, 0.3) is 5.91 Å². The smallest absolute Gasteiger partial charge is 0.412 e. The number of hydrogen-bond acceptors (Lipinski definition) is 11. The van der Waals surface area contributed by atoms with Crippen molar-refractivity contribution in [2.24, 2.45) is 5.92 Å². The number of rotatable bonds is 10. The first-order valence-electron chi connectivity index (χ1n) is 15.1. The minimum atomic E-state index is -0.748. The van der Waals surface area contributed by atoms with Gasteiger partial charge < -0.3 is 24.2 Å². The number of anilines is 1. The van der Waals surface area contributed by atoms with Gasteiger partial charge in [-0.25, -0.2) is 29.1 Å². The molecule has 4 heterocycles. The monoisotopic (exact) mass is 660 g/mol. The molecule has 3 aromatic heterocycles. The van der Waals surface area contributed by atoms with E-state index in [4.69, 9.17) is 19.3 Å². The number of ether oxygens (including phenoxy) is 3. The molecule has 12 nitrogen and oxygen atoms in total. The summed E-state index contributed by atoms with van der Waals surface area (Å²) in [5.74, 6) is -0.0823. The third kappa shape index (κ3) is 7.23. The Morgan fingerprint density at radius 3 is 2.77 bits per heavy atom. The summed E-state index contributed by atoms with van der Waals surface area (Å²) in [7, 11) is 1.53. The van der Waals surface area contributed by atoms with Crippen molar-refractivity contribution >= 4 is 50.3 Å². The normalized spacial score (nSPS) is 15.2. The molecule has 2 atom stereocenters. The van der Waals surface area contributed by atoms with Crippen LogP contribution in [0.3, 0.4) is 0 Å². The molecule has 14 heteroatoms. The van der Waals surface area contributed by atoms with Crippen molar-refractivity contribution in [1.29, 1.82) is 0 Å². The number of aliphatic hydroxyl groups excluding tert-OH is 1. The van der Waals surface area contributed by atoms with Crippen molar-refractivity contribution in [3.63, 3.8) is 0 Å². The number of carbonyl (C=O) groups is 2. The van der Waals surface area contributed by atoms with E-state index in [0.29, 0.717) is 57.3 Å². The van der Waals surface area contributed by atoms with E-state index in [0.717, 1.165) is 17.5 Å². The molecule has 0 spiro atoms. The van der Waals surface area contributed by atoms with Crippen LogP contribution in [0.2, 0.25) is 0 Å². The van der Waals surface area contributed by atoms with Crippen LogP contribution in [-0.4, -0.2) is 81.5 Å². The number of methoxy groups -OCH3 is 1. The lowest BCUT2D eigenvalue weighted by molar-refractivity contribution is 0.0778. The lowest BCUT2D eigenvalue weighted by Crippen LogP contribution is -2.29. The number of benzene rings is 2. The van der Waals surface area contributed by atoms with E-state index in [-0.39, 0.29) is 36.5 Å². The van der Waals surface area contributed by atoms with Crippen molar-refractivity contribution < 1.29 is 33.3 Å². The second-order valence-electron chi connectivity index (χ2n) is 11.4. The molecule has 2 aromatic carbocycles. The van der Waals surface area contributed by atoms with Gasteiger partial charge in [-0.1, -0.05) is 0 Å². The van der Waals surface area contributed by atoms with E-state index in [1.807, 2.05) is 19.1 Å². The van der Waals surface area contributed by atoms with E-state index in [1.165, 1.54) is 30.7 Å². The molecule has 1 aliphatic rings. The van der Waals surface area contributed by atoms with E-state index >= 15 is 4.39 Å². The van der Waals surface area contributed by atoms with Crippen molar-refractivity contribution in [1.82, 2.24) is 24.8 Å². The van der Waals surface area contributed by atoms with Gasteiger partial charge >= 0.3 is 6.09 Å². The highest BCUT2D eigenvalue weighted by Gasteiger charge is 2.27. The zero-order valence-electron chi connectivity index (χ0n) is 26.0. The number of pyridine rings is 1. The maximum atomic E-state index is 15.0. The largest absolute Gasteiger partial charge is 0.487 e. The van der Waals surface area contributed by atoms with Crippen molar-refractivity contribution in [3.05, 3.63) is 65.9 Å². The first-order chi connectivity index (χ1) is 22.7. The molecule has 0 bridgehead atoms. The summed E-state index contributed by atoms with van der Waals surface area (Å²) in [5.41, 5.74) is 4.17. The van der Waals surface area contributed by atoms with Crippen LogP contribution in [0.1, 0.15) is 35.8 Å². The summed E-state index contributed by atoms with van der Waals surface area (Å²) < 4.78 is 32.0. The Morgan fingerprint density at radius 2 is 2.00 bits per heavy atom. The number of amides is 2. The second kappa shape index (κ2) is 13.8. The summed E-state index contributed by atoms with van der Waals surface area (Å²) >= 11 is 1.37. The Balaban J connectivity index is 1.05. The number of nitrogens with zero attached hydrogens (tertiary/aromatic N) is 5. The number of hydrogen-bond donors (Lipinski definition) is 2. The first kappa shape index (κ1) is 32.0. The topological polar surface area (TPSA) is 149 Å². The van der Waals surface area contributed by atoms with Crippen LogP contribution >= 0.6 is 11.3 Å². The van der Waals surface area contributed by atoms with Crippen LogP contribution in [0.25, 0.3) is 31.8 Å². The fourth-order valence-corrected chi connectivity index (χ4v) is 6.42. The number of thiazole rings is 1. The Labute approximate surface area is 273 Å². The number of aliphatic hydroxyl groups is 1. The maximum absolute atomic E-state index is 15.0. The molecule has 6 rings (SSSR count).